The van der Waals surface area contributed by atoms with Crippen LogP contribution in [0.3, 0.4) is 0 Å². The van der Waals surface area contributed by atoms with E-state index in [0.717, 1.165) is 25.2 Å². The van der Waals surface area contributed by atoms with Crippen LogP contribution in [0.4, 0.5) is 0 Å². The number of methoxy groups -OCH3 is 1. The Labute approximate surface area is 123 Å². The number of fused-ring (bicyclic) bond motifs is 1. The molecular formula is C16H31N3O. The highest BCUT2D eigenvalue weighted by Crippen LogP contribution is 2.30. The molecular weight excluding hydrogens is 250 g/mol. The summed E-state index contributed by atoms with van der Waals surface area (Å²) in [6, 6.07) is 2.30. The molecule has 4 nitrogen and oxygen atoms in total. The Hall–Kier alpha value is -0.160. The lowest BCUT2D eigenvalue weighted by molar-refractivity contribution is 0.0791. The summed E-state index contributed by atoms with van der Waals surface area (Å²) in [5.74, 6) is 0. The summed E-state index contributed by atoms with van der Waals surface area (Å²) in [5, 5.41) is 3.66. The lowest BCUT2D eigenvalue weighted by Gasteiger charge is -2.38. The second-order valence-electron chi connectivity index (χ2n) is 6.74. The van der Waals surface area contributed by atoms with Crippen molar-refractivity contribution in [2.45, 2.75) is 56.7 Å². The lowest BCUT2D eigenvalue weighted by Crippen LogP contribution is -2.51. The van der Waals surface area contributed by atoms with Gasteiger partial charge >= 0.3 is 0 Å². The fourth-order valence-corrected chi connectivity index (χ4v) is 4.44. The van der Waals surface area contributed by atoms with Crippen molar-refractivity contribution in [2.24, 2.45) is 0 Å². The topological polar surface area (TPSA) is 27.7 Å². The first-order valence-electron chi connectivity index (χ1n) is 8.59. The van der Waals surface area contributed by atoms with Crippen molar-refractivity contribution in [3.05, 3.63) is 0 Å². The molecule has 116 valence electrons. The van der Waals surface area contributed by atoms with Gasteiger partial charge in [-0.15, -0.1) is 0 Å². The van der Waals surface area contributed by atoms with Crippen LogP contribution in [-0.2, 0) is 4.74 Å². The van der Waals surface area contributed by atoms with Crippen molar-refractivity contribution in [1.82, 2.24) is 15.1 Å². The van der Waals surface area contributed by atoms with Gasteiger partial charge in [0.05, 0.1) is 6.61 Å². The minimum absolute atomic E-state index is 0.712. The Balaban J connectivity index is 1.61. The molecule has 0 aromatic rings. The van der Waals surface area contributed by atoms with Crippen molar-refractivity contribution in [2.75, 3.05) is 46.4 Å². The molecule has 20 heavy (non-hydrogen) atoms. The quantitative estimate of drug-likeness (QED) is 0.794. The maximum atomic E-state index is 5.36. The van der Waals surface area contributed by atoms with E-state index in [1.807, 2.05) is 7.11 Å². The Bertz CT molecular complexity index is 293. The van der Waals surface area contributed by atoms with Gasteiger partial charge in [-0.05, 0) is 45.2 Å². The Morgan fingerprint density at radius 3 is 2.90 bits per heavy atom. The average molecular weight is 281 g/mol. The highest BCUT2D eigenvalue weighted by molar-refractivity contribution is 4.96. The lowest BCUT2D eigenvalue weighted by atomic mass is 9.97. The molecule has 0 saturated carbocycles. The first-order chi connectivity index (χ1) is 9.88. The molecule has 4 heteroatoms. The zero-order valence-corrected chi connectivity index (χ0v) is 13.0. The minimum Gasteiger partial charge on any atom is -0.383 e. The summed E-state index contributed by atoms with van der Waals surface area (Å²) in [7, 11) is 1.83. The number of hydrogen-bond donors (Lipinski definition) is 1. The summed E-state index contributed by atoms with van der Waals surface area (Å²) in [4.78, 5) is 5.48. The Morgan fingerprint density at radius 2 is 2.10 bits per heavy atom. The average Bonchev–Trinajstić information content (AvgIpc) is 3.12. The first kappa shape index (κ1) is 14.8. The van der Waals surface area contributed by atoms with E-state index in [2.05, 4.69) is 15.1 Å². The molecule has 3 saturated heterocycles. The van der Waals surface area contributed by atoms with Gasteiger partial charge in [0.1, 0.15) is 0 Å². The molecule has 3 aliphatic heterocycles. The number of nitrogens with one attached hydrogen (secondary N) is 1. The largest absolute Gasteiger partial charge is 0.383 e. The molecule has 0 aliphatic carbocycles. The zero-order chi connectivity index (χ0) is 13.8. The zero-order valence-electron chi connectivity index (χ0n) is 13.0. The third-order valence-electron chi connectivity index (χ3n) is 5.49. The van der Waals surface area contributed by atoms with Crippen LogP contribution in [0, 0.1) is 0 Å². The minimum atomic E-state index is 0.712. The van der Waals surface area contributed by atoms with E-state index in [4.69, 9.17) is 4.74 Å². The van der Waals surface area contributed by atoms with Gasteiger partial charge in [0.25, 0.3) is 0 Å². The van der Waals surface area contributed by atoms with Gasteiger partial charge < -0.3 is 10.1 Å². The number of hydrogen-bond acceptors (Lipinski definition) is 4. The number of rotatable bonds is 6. The summed E-state index contributed by atoms with van der Waals surface area (Å²) in [6.45, 7) is 7.05. The van der Waals surface area contributed by atoms with Crippen molar-refractivity contribution < 1.29 is 4.74 Å². The molecule has 3 rings (SSSR count). The SMILES string of the molecule is COCCN(CC1CCCN1)C1CCN2CCCCC12. The van der Waals surface area contributed by atoms with Crippen LogP contribution < -0.4 is 5.32 Å². The van der Waals surface area contributed by atoms with Crippen LogP contribution in [0.15, 0.2) is 0 Å². The molecule has 3 heterocycles. The van der Waals surface area contributed by atoms with Crippen LogP contribution in [-0.4, -0.2) is 74.4 Å². The fraction of sp³-hybridized carbons (Fsp3) is 1.00. The molecule has 3 aliphatic rings. The smallest absolute Gasteiger partial charge is 0.0589 e. The predicted octanol–water partition coefficient (Wildman–Crippen LogP) is 1.31. The van der Waals surface area contributed by atoms with Crippen molar-refractivity contribution >= 4 is 0 Å². The second kappa shape index (κ2) is 7.21. The number of nitrogens with zero attached hydrogens (tertiary/aromatic N) is 2. The molecule has 3 unspecified atom stereocenters. The summed E-state index contributed by atoms with van der Waals surface area (Å²) < 4.78 is 5.36. The van der Waals surface area contributed by atoms with E-state index >= 15 is 0 Å². The molecule has 0 radical (unpaired) electrons. The molecule has 1 N–H and O–H groups in total. The summed E-state index contributed by atoms with van der Waals surface area (Å²) >= 11 is 0. The highest BCUT2D eigenvalue weighted by Gasteiger charge is 2.39. The van der Waals surface area contributed by atoms with E-state index in [-0.39, 0.29) is 0 Å². The molecule has 0 amide bonds. The van der Waals surface area contributed by atoms with E-state index in [0.29, 0.717) is 6.04 Å². The normalized spacial score (nSPS) is 34.8. The molecule has 3 fully saturated rings. The standard InChI is InChI=1S/C16H31N3O/c1-20-12-11-19(13-14-5-4-8-17-14)16-7-10-18-9-3-2-6-15(16)18/h14-17H,2-13H2,1H3. The van der Waals surface area contributed by atoms with Gasteiger partial charge in [0.15, 0.2) is 0 Å². The monoisotopic (exact) mass is 281 g/mol. The molecule has 0 aromatic heterocycles. The van der Waals surface area contributed by atoms with E-state index in [1.165, 1.54) is 64.7 Å². The van der Waals surface area contributed by atoms with Crippen molar-refractivity contribution in [3.63, 3.8) is 0 Å². The Morgan fingerprint density at radius 1 is 1.15 bits per heavy atom. The molecule has 0 aromatic carbocycles. The number of ether oxygens (including phenoxy) is 1. The van der Waals surface area contributed by atoms with Gasteiger partial charge in [0, 0.05) is 44.9 Å². The van der Waals surface area contributed by atoms with Crippen LogP contribution >= 0.6 is 0 Å². The van der Waals surface area contributed by atoms with Gasteiger partial charge in [-0.2, -0.15) is 0 Å². The Kier molecular flexibility index (Phi) is 5.32. The fourth-order valence-electron chi connectivity index (χ4n) is 4.44. The van der Waals surface area contributed by atoms with Gasteiger partial charge in [0.2, 0.25) is 0 Å². The molecule has 0 bridgehead atoms. The molecule has 0 spiro atoms. The van der Waals surface area contributed by atoms with E-state index < -0.39 is 0 Å². The van der Waals surface area contributed by atoms with Crippen LogP contribution in [0.1, 0.15) is 38.5 Å². The summed E-state index contributed by atoms with van der Waals surface area (Å²) in [6.07, 6.45) is 8.31. The predicted molar refractivity (Wildman–Crippen MR) is 82.1 cm³/mol. The first-order valence-corrected chi connectivity index (χ1v) is 8.59. The van der Waals surface area contributed by atoms with E-state index in [9.17, 15) is 0 Å². The maximum absolute atomic E-state index is 5.36. The van der Waals surface area contributed by atoms with Crippen LogP contribution in [0.25, 0.3) is 0 Å². The maximum Gasteiger partial charge on any atom is 0.0589 e. The molecule has 3 atom stereocenters. The van der Waals surface area contributed by atoms with Crippen molar-refractivity contribution in [3.8, 4) is 0 Å². The summed E-state index contributed by atoms with van der Waals surface area (Å²) in [5.41, 5.74) is 0. The van der Waals surface area contributed by atoms with Gasteiger partial charge in [-0.3, -0.25) is 9.80 Å². The second-order valence-corrected chi connectivity index (χ2v) is 6.74. The number of piperidine rings is 1. The third-order valence-corrected chi connectivity index (χ3v) is 5.49. The third kappa shape index (κ3) is 3.35. The van der Waals surface area contributed by atoms with Crippen LogP contribution in [0.2, 0.25) is 0 Å². The van der Waals surface area contributed by atoms with Gasteiger partial charge in [-0.1, -0.05) is 6.42 Å². The van der Waals surface area contributed by atoms with Gasteiger partial charge in [-0.25, -0.2) is 0 Å². The van der Waals surface area contributed by atoms with E-state index in [1.54, 1.807) is 0 Å². The van der Waals surface area contributed by atoms with Crippen LogP contribution in [0.5, 0.6) is 0 Å². The van der Waals surface area contributed by atoms with Crippen molar-refractivity contribution in [1.29, 1.82) is 0 Å². The highest BCUT2D eigenvalue weighted by atomic mass is 16.5.